The van der Waals surface area contributed by atoms with E-state index in [2.05, 4.69) is 5.32 Å². The first-order valence-corrected chi connectivity index (χ1v) is 4.49. The summed E-state index contributed by atoms with van der Waals surface area (Å²) in [7, 11) is 0. The third kappa shape index (κ3) is 6.31. The number of rotatable bonds is 7. The quantitative estimate of drug-likeness (QED) is 0.580. The molecule has 0 aliphatic heterocycles. The number of carbonyl (C=O) groups is 1. The molecule has 0 aliphatic carbocycles. The standard InChI is InChI=1S/C9H19NO2/c1-4-10-5-6-12-7-9(11)8(2)3/h8,10H,4-7H2,1-3H3. The molecule has 3 heteroatoms. The highest BCUT2D eigenvalue weighted by molar-refractivity contribution is 5.81. The van der Waals surface area contributed by atoms with E-state index in [0.29, 0.717) is 6.61 Å². The van der Waals surface area contributed by atoms with Crippen molar-refractivity contribution in [2.45, 2.75) is 20.8 Å². The molecule has 0 aromatic rings. The fraction of sp³-hybridized carbons (Fsp3) is 0.889. The highest BCUT2D eigenvalue weighted by Crippen LogP contribution is 1.93. The van der Waals surface area contributed by atoms with Gasteiger partial charge in [0.2, 0.25) is 0 Å². The molecular weight excluding hydrogens is 154 g/mol. The van der Waals surface area contributed by atoms with Crippen molar-refractivity contribution < 1.29 is 9.53 Å². The first-order valence-electron chi connectivity index (χ1n) is 4.49. The average molecular weight is 173 g/mol. The number of likely N-dealkylation sites (N-methyl/N-ethyl adjacent to an activating group) is 1. The normalized spacial score (nSPS) is 10.7. The van der Waals surface area contributed by atoms with Crippen LogP contribution in [0.4, 0.5) is 0 Å². The lowest BCUT2D eigenvalue weighted by molar-refractivity contribution is -0.126. The number of ether oxygens (including phenoxy) is 1. The lowest BCUT2D eigenvalue weighted by Gasteiger charge is -2.05. The molecule has 0 saturated heterocycles. The molecule has 0 bridgehead atoms. The van der Waals surface area contributed by atoms with Gasteiger partial charge in [0.05, 0.1) is 6.61 Å². The van der Waals surface area contributed by atoms with E-state index in [1.807, 2.05) is 20.8 Å². The van der Waals surface area contributed by atoms with Crippen molar-refractivity contribution in [2.75, 3.05) is 26.3 Å². The molecule has 0 fully saturated rings. The smallest absolute Gasteiger partial charge is 0.160 e. The minimum atomic E-state index is 0.0872. The Hall–Kier alpha value is -0.410. The zero-order valence-corrected chi connectivity index (χ0v) is 8.22. The molecule has 3 nitrogen and oxygen atoms in total. The molecule has 72 valence electrons. The van der Waals surface area contributed by atoms with Gasteiger partial charge in [-0.3, -0.25) is 4.79 Å². The van der Waals surface area contributed by atoms with Crippen LogP contribution in [0.1, 0.15) is 20.8 Å². The van der Waals surface area contributed by atoms with E-state index in [-0.39, 0.29) is 18.3 Å². The van der Waals surface area contributed by atoms with E-state index in [9.17, 15) is 4.79 Å². The van der Waals surface area contributed by atoms with Crippen LogP contribution in [0.15, 0.2) is 0 Å². The third-order valence-corrected chi connectivity index (χ3v) is 1.56. The molecule has 0 heterocycles. The number of hydrogen-bond acceptors (Lipinski definition) is 3. The van der Waals surface area contributed by atoms with Crippen LogP contribution >= 0.6 is 0 Å². The first-order chi connectivity index (χ1) is 5.68. The number of Topliss-reactive ketones (excluding diaryl/α,β-unsaturated/α-hetero) is 1. The second-order valence-electron chi connectivity index (χ2n) is 3.03. The summed E-state index contributed by atoms with van der Waals surface area (Å²) < 4.78 is 5.15. The lowest BCUT2D eigenvalue weighted by atomic mass is 10.1. The van der Waals surface area contributed by atoms with Crippen molar-refractivity contribution in [3.05, 3.63) is 0 Å². The summed E-state index contributed by atoms with van der Waals surface area (Å²) >= 11 is 0. The molecule has 0 rings (SSSR count). The van der Waals surface area contributed by atoms with Gasteiger partial charge in [-0.1, -0.05) is 20.8 Å². The molecule has 0 aromatic heterocycles. The van der Waals surface area contributed by atoms with Crippen LogP contribution in [0, 0.1) is 5.92 Å². The molecule has 0 unspecified atom stereocenters. The van der Waals surface area contributed by atoms with Crippen molar-refractivity contribution >= 4 is 5.78 Å². The molecule has 0 saturated carbocycles. The molecule has 0 spiro atoms. The Morgan fingerprint density at radius 2 is 2.17 bits per heavy atom. The Morgan fingerprint density at radius 3 is 2.67 bits per heavy atom. The van der Waals surface area contributed by atoms with Gasteiger partial charge in [-0.25, -0.2) is 0 Å². The summed E-state index contributed by atoms with van der Waals surface area (Å²) in [6.45, 7) is 8.45. The Balaban J connectivity index is 3.14. The largest absolute Gasteiger partial charge is 0.372 e. The predicted molar refractivity (Wildman–Crippen MR) is 49.2 cm³/mol. The number of hydrogen-bond donors (Lipinski definition) is 1. The maximum Gasteiger partial charge on any atom is 0.160 e. The van der Waals surface area contributed by atoms with Gasteiger partial charge in [0.25, 0.3) is 0 Å². The fourth-order valence-corrected chi connectivity index (χ4v) is 0.661. The number of nitrogens with one attached hydrogen (secondary N) is 1. The molecule has 0 aliphatic rings. The number of ketones is 1. The van der Waals surface area contributed by atoms with E-state index in [4.69, 9.17) is 4.74 Å². The second-order valence-corrected chi connectivity index (χ2v) is 3.03. The summed E-state index contributed by atoms with van der Waals surface area (Å²) in [6.07, 6.45) is 0. The van der Waals surface area contributed by atoms with Crippen LogP contribution in [-0.2, 0) is 9.53 Å². The van der Waals surface area contributed by atoms with Crippen LogP contribution < -0.4 is 5.32 Å². The fourth-order valence-electron chi connectivity index (χ4n) is 0.661. The molecule has 0 atom stereocenters. The highest BCUT2D eigenvalue weighted by atomic mass is 16.5. The van der Waals surface area contributed by atoms with Gasteiger partial charge < -0.3 is 10.1 Å². The van der Waals surface area contributed by atoms with Gasteiger partial charge in [-0.15, -0.1) is 0 Å². The minimum Gasteiger partial charge on any atom is -0.372 e. The van der Waals surface area contributed by atoms with E-state index in [1.165, 1.54) is 0 Å². The third-order valence-electron chi connectivity index (χ3n) is 1.56. The predicted octanol–water partition coefficient (Wildman–Crippen LogP) is 0.838. The van der Waals surface area contributed by atoms with Gasteiger partial charge in [-0.05, 0) is 6.54 Å². The summed E-state index contributed by atoms with van der Waals surface area (Å²) in [6, 6.07) is 0. The van der Waals surface area contributed by atoms with Crippen molar-refractivity contribution in [1.82, 2.24) is 5.32 Å². The minimum absolute atomic E-state index is 0.0872. The summed E-state index contributed by atoms with van der Waals surface area (Å²) in [5.74, 6) is 0.260. The SMILES string of the molecule is CCNCCOCC(=O)C(C)C. The Bertz CT molecular complexity index is 124. The maximum atomic E-state index is 11.0. The second kappa shape index (κ2) is 7.25. The van der Waals surface area contributed by atoms with E-state index >= 15 is 0 Å². The highest BCUT2D eigenvalue weighted by Gasteiger charge is 2.05. The summed E-state index contributed by atoms with van der Waals surface area (Å²) in [5.41, 5.74) is 0. The summed E-state index contributed by atoms with van der Waals surface area (Å²) in [4.78, 5) is 11.0. The Kier molecular flexibility index (Phi) is 7.00. The van der Waals surface area contributed by atoms with Crippen LogP contribution in [-0.4, -0.2) is 32.1 Å². The van der Waals surface area contributed by atoms with Crippen LogP contribution in [0.5, 0.6) is 0 Å². The van der Waals surface area contributed by atoms with Crippen LogP contribution in [0.25, 0.3) is 0 Å². The van der Waals surface area contributed by atoms with Crippen molar-refractivity contribution in [2.24, 2.45) is 5.92 Å². The van der Waals surface area contributed by atoms with Crippen LogP contribution in [0.2, 0.25) is 0 Å². The van der Waals surface area contributed by atoms with Gasteiger partial charge >= 0.3 is 0 Å². The molecule has 0 radical (unpaired) electrons. The van der Waals surface area contributed by atoms with Gasteiger partial charge in [0.1, 0.15) is 6.61 Å². The maximum absolute atomic E-state index is 11.0. The molecule has 0 amide bonds. The van der Waals surface area contributed by atoms with E-state index in [0.717, 1.165) is 13.1 Å². The molecule has 12 heavy (non-hydrogen) atoms. The average Bonchev–Trinajstić information content (AvgIpc) is 2.03. The molecule has 1 N–H and O–H groups in total. The van der Waals surface area contributed by atoms with Crippen molar-refractivity contribution in [1.29, 1.82) is 0 Å². The van der Waals surface area contributed by atoms with Gasteiger partial charge in [0, 0.05) is 12.5 Å². The zero-order chi connectivity index (χ0) is 9.40. The van der Waals surface area contributed by atoms with Crippen molar-refractivity contribution in [3.8, 4) is 0 Å². The van der Waals surface area contributed by atoms with E-state index in [1.54, 1.807) is 0 Å². The van der Waals surface area contributed by atoms with Gasteiger partial charge in [-0.2, -0.15) is 0 Å². The van der Waals surface area contributed by atoms with Crippen LogP contribution in [0.3, 0.4) is 0 Å². The van der Waals surface area contributed by atoms with Crippen molar-refractivity contribution in [3.63, 3.8) is 0 Å². The monoisotopic (exact) mass is 173 g/mol. The lowest BCUT2D eigenvalue weighted by Crippen LogP contribution is -2.22. The zero-order valence-electron chi connectivity index (χ0n) is 8.22. The molecule has 0 aromatic carbocycles. The molecular formula is C9H19NO2. The van der Waals surface area contributed by atoms with Gasteiger partial charge in [0.15, 0.2) is 5.78 Å². The topological polar surface area (TPSA) is 38.3 Å². The first kappa shape index (κ1) is 11.6. The Labute approximate surface area is 74.5 Å². The number of carbonyl (C=O) groups excluding carboxylic acids is 1. The summed E-state index contributed by atoms with van der Waals surface area (Å²) in [5, 5.41) is 3.11. The van der Waals surface area contributed by atoms with E-state index < -0.39 is 0 Å². The Morgan fingerprint density at radius 1 is 1.50 bits per heavy atom.